The van der Waals surface area contributed by atoms with E-state index < -0.39 is 4.92 Å². The Kier molecular flexibility index (Phi) is 3.56. The third kappa shape index (κ3) is 2.79. The Morgan fingerprint density at radius 3 is 2.91 bits per heavy atom. The summed E-state index contributed by atoms with van der Waals surface area (Å²) in [6.07, 6.45) is 1.41. The zero-order chi connectivity index (χ0) is 15.7. The van der Waals surface area contributed by atoms with Crippen LogP contribution >= 0.6 is 11.3 Å². The zero-order valence-corrected chi connectivity index (χ0v) is 12.4. The molecular formula is C15H11N3O3S. The van der Waals surface area contributed by atoms with Gasteiger partial charge in [-0.05, 0) is 31.2 Å². The van der Waals surface area contributed by atoms with E-state index in [1.807, 2.05) is 25.1 Å². The third-order valence-corrected chi connectivity index (χ3v) is 4.00. The number of nitro benzene ring substituents is 1. The van der Waals surface area contributed by atoms with Gasteiger partial charge in [0.25, 0.3) is 5.69 Å². The minimum atomic E-state index is -0.513. The maximum Gasteiger partial charge on any atom is 0.270 e. The number of aryl methyl sites for hydroxylation is 1. The number of nitrogens with zero attached hydrogens (tertiary/aromatic N) is 3. The smallest absolute Gasteiger partial charge is 0.270 e. The van der Waals surface area contributed by atoms with Gasteiger partial charge in [-0.15, -0.1) is 11.3 Å². The molecule has 0 saturated heterocycles. The minimum absolute atomic E-state index is 0.0556. The molecule has 0 fully saturated rings. The van der Waals surface area contributed by atoms with Gasteiger partial charge in [-0.2, -0.15) is 0 Å². The molecule has 0 bridgehead atoms. The molecule has 0 amide bonds. The van der Waals surface area contributed by atoms with Crippen LogP contribution < -0.4 is 0 Å². The van der Waals surface area contributed by atoms with E-state index in [4.69, 9.17) is 0 Å². The number of nitro groups is 1. The molecule has 0 aliphatic carbocycles. The molecule has 0 aliphatic rings. The summed E-state index contributed by atoms with van der Waals surface area (Å²) in [7, 11) is 0. The van der Waals surface area contributed by atoms with Crippen LogP contribution in [-0.2, 0) is 0 Å². The highest BCUT2D eigenvalue weighted by atomic mass is 32.1. The highest BCUT2D eigenvalue weighted by Gasteiger charge is 2.08. The van der Waals surface area contributed by atoms with E-state index in [1.54, 1.807) is 11.3 Å². The number of hydrogen-bond donors (Lipinski definition) is 1. The monoisotopic (exact) mass is 313 g/mol. The highest BCUT2D eigenvalue weighted by molar-refractivity contribution is 7.18. The average molecular weight is 313 g/mol. The molecule has 3 aromatic rings. The number of benzene rings is 2. The number of thiazole rings is 1. The Hall–Kier alpha value is -2.80. The fourth-order valence-electron chi connectivity index (χ4n) is 2.01. The SMILES string of the molecule is Cc1nc2cc(N=Cc3cc([N+](=O)[O-])ccc3O)ccc2s1. The third-order valence-electron chi connectivity index (χ3n) is 3.05. The van der Waals surface area contributed by atoms with Gasteiger partial charge in [-0.3, -0.25) is 15.1 Å². The second kappa shape index (κ2) is 5.53. The summed E-state index contributed by atoms with van der Waals surface area (Å²) in [6, 6.07) is 9.42. The lowest BCUT2D eigenvalue weighted by atomic mass is 10.2. The first-order valence-electron chi connectivity index (χ1n) is 6.41. The molecule has 110 valence electrons. The minimum Gasteiger partial charge on any atom is -0.507 e. The molecule has 0 unspecified atom stereocenters. The van der Waals surface area contributed by atoms with Crippen molar-refractivity contribution in [3.63, 3.8) is 0 Å². The van der Waals surface area contributed by atoms with Gasteiger partial charge < -0.3 is 5.11 Å². The van der Waals surface area contributed by atoms with Crippen molar-refractivity contribution in [2.75, 3.05) is 0 Å². The summed E-state index contributed by atoms with van der Waals surface area (Å²) in [5.74, 6) is -0.0556. The highest BCUT2D eigenvalue weighted by Crippen LogP contribution is 2.26. The molecule has 3 rings (SSSR count). The summed E-state index contributed by atoms with van der Waals surface area (Å²) in [4.78, 5) is 18.9. The van der Waals surface area contributed by atoms with Crippen molar-refractivity contribution in [2.24, 2.45) is 4.99 Å². The van der Waals surface area contributed by atoms with Crippen molar-refractivity contribution in [1.82, 2.24) is 4.98 Å². The Morgan fingerprint density at radius 1 is 1.32 bits per heavy atom. The molecular weight excluding hydrogens is 302 g/mol. The fraction of sp³-hybridized carbons (Fsp3) is 0.0667. The summed E-state index contributed by atoms with van der Waals surface area (Å²) in [5.41, 5.74) is 1.73. The molecule has 2 aromatic carbocycles. The molecule has 7 heteroatoms. The molecule has 1 heterocycles. The van der Waals surface area contributed by atoms with Crippen LogP contribution in [0.25, 0.3) is 10.2 Å². The molecule has 22 heavy (non-hydrogen) atoms. The number of aliphatic imine (C=N–C) groups is 1. The molecule has 1 aromatic heterocycles. The standard InChI is InChI=1S/C15H11N3O3S/c1-9-17-13-7-11(2-5-15(13)22-9)16-8-10-6-12(18(20)21)3-4-14(10)19/h2-8,19H,1H3. The molecule has 0 spiro atoms. The van der Waals surface area contributed by atoms with Crippen LogP contribution in [0.5, 0.6) is 5.75 Å². The van der Waals surface area contributed by atoms with Crippen LogP contribution in [0.2, 0.25) is 0 Å². The average Bonchev–Trinajstić information content (AvgIpc) is 2.85. The topological polar surface area (TPSA) is 88.6 Å². The number of aromatic nitrogens is 1. The lowest BCUT2D eigenvalue weighted by Gasteiger charge is -1.99. The second-order valence-electron chi connectivity index (χ2n) is 4.64. The second-order valence-corrected chi connectivity index (χ2v) is 5.88. The van der Waals surface area contributed by atoms with Crippen molar-refractivity contribution < 1.29 is 10.0 Å². The summed E-state index contributed by atoms with van der Waals surface area (Å²) < 4.78 is 1.08. The number of phenols is 1. The zero-order valence-electron chi connectivity index (χ0n) is 11.6. The van der Waals surface area contributed by atoms with Crippen molar-refractivity contribution in [2.45, 2.75) is 6.92 Å². The van der Waals surface area contributed by atoms with Gasteiger partial charge in [0.05, 0.1) is 25.8 Å². The molecule has 0 atom stereocenters. The number of rotatable bonds is 3. The van der Waals surface area contributed by atoms with E-state index in [0.717, 1.165) is 15.2 Å². The van der Waals surface area contributed by atoms with Gasteiger partial charge in [0.1, 0.15) is 5.75 Å². The predicted octanol–water partition coefficient (Wildman–Crippen LogP) is 3.97. The summed E-state index contributed by atoms with van der Waals surface area (Å²) in [6.45, 7) is 1.94. The lowest BCUT2D eigenvalue weighted by molar-refractivity contribution is -0.384. The van der Waals surface area contributed by atoms with Crippen molar-refractivity contribution in [3.05, 3.63) is 57.1 Å². The Bertz CT molecular complexity index is 902. The van der Waals surface area contributed by atoms with Crippen LogP contribution in [-0.4, -0.2) is 21.2 Å². The summed E-state index contributed by atoms with van der Waals surface area (Å²) >= 11 is 1.60. The van der Waals surface area contributed by atoms with E-state index in [9.17, 15) is 15.2 Å². The van der Waals surface area contributed by atoms with Crippen LogP contribution in [0.1, 0.15) is 10.6 Å². The maximum atomic E-state index is 10.8. The number of fused-ring (bicyclic) bond motifs is 1. The fourth-order valence-corrected chi connectivity index (χ4v) is 2.82. The van der Waals surface area contributed by atoms with E-state index >= 15 is 0 Å². The first-order valence-corrected chi connectivity index (χ1v) is 7.23. The predicted molar refractivity (Wildman–Crippen MR) is 86.4 cm³/mol. The van der Waals surface area contributed by atoms with E-state index in [2.05, 4.69) is 9.98 Å². The first kappa shape index (κ1) is 14.2. The molecule has 1 N–H and O–H groups in total. The number of aromatic hydroxyl groups is 1. The van der Waals surface area contributed by atoms with Gasteiger partial charge in [-0.25, -0.2) is 4.98 Å². The van der Waals surface area contributed by atoms with Gasteiger partial charge in [-0.1, -0.05) is 0 Å². The van der Waals surface area contributed by atoms with Gasteiger partial charge in [0, 0.05) is 23.9 Å². The van der Waals surface area contributed by atoms with E-state index in [-0.39, 0.29) is 11.4 Å². The summed E-state index contributed by atoms with van der Waals surface area (Å²) in [5, 5.41) is 21.5. The molecule has 0 aliphatic heterocycles. The number of phenolic OH excluding ortho intramolecular Hbond substituents is 1. The quantitative estimate of drug-likeness (QED) is 0.450. The van der Waals surface area contributed by atoms with Gasteiger partial charge >= 0.3 is 0 Å². The Labute approximate surface area is 129 Å². The number of non-ortho nitro benzene ring substituents is 1. The van der Waals surface area contributed by atoms with Crippen LogP contribution in [0.4, 0.5) is 11.4 Å². The van der Waals surface area contributed by atoms with Crippen LogP contribution in [0.15, 0.2) is 41.4 Å². The lowest BCUT2D eigenvalue weighted by Crippen LogP contribution is -1.90. The van der Waals surface area contributed by atoms with Crippen molar-refractivity contribution >= 4 is 39.1 Å². The Morgan fingerprint density at radius 2 is 2.14 bits per heavy atom. The van der Waals surface area contributed by atoms with Crippen LogP contribution in [0, 0.1) is 17.0 Å². The first-order chi connectivity index (χ1) is 10.5. The normalized spacial score (nSPS) is 11.3. The van der Waals surface area contributed by atoms with Gasteiger partial charge in [0.15, 0.2) is 0 Å². The Balaban J connectivity index is 1.95. The van der Waals surface area contributed by atoms with E-state index in [0.29, 0.717) is 11.3 Å². The molecule has 0 saturated carbocycles. The molecule has 0 radical (unpaired) electrons. The van der Waals surface area contributed by atoms with Crippen molar-refractivity contribution in [3.8, 4) is 5.75 Å². The molecule has 6 nitrogen and oxygen atoms in total. The number of hydrogen-bond acceptors (Lipinski definition) is 6. The largest absolute Gasteiger partial charge is 0.507 e. The van der Waals surface area contributed by atoms with Crippen molar-refractivity contribution in [1.29, 1.82) is 0 Å². The van der Waals surface area contributed by atoms with Crippen LogP contribution in [0.3, 0.4) is 0 Å². The van der Waals surface area contributed by atoms with Gasteiger partial charge in [0.2, 0.25) is 0 Å². The maximum absolute atomic E-state index is 10.8. The van der Waals surface area contributed by atoms with E-state index in [1.165, 1.54) is 24.4 Å².